The molecule has 0 radical (unpaired) electrons. The predicted molar refractivity (Wildman–Crippen MR) is 119 cm³/mol. The van der Waals surface area contributed by atoms with Crippen molar-refractivity contribution in [2.24, 2.45) is 5.92 Å². The summed E-state index contributed by atoms with van der Waals surface area (Å²) in [5.41, 5.74) is 0.0784. The number of nitrogens with zero attached hydrogens (tertiary/aromatic N) is 5. The van der Waals surface area contributed by atoms with E-state index in [1.165, 1.54) is 0 Å². The van der Waals surface area contributed by atoms with Gasteiger partial charge in [0.1, 0.15) is 11.5 Å². The number of pyridine rings is 1. The molecule has 2 fully saturated rings. The Morgan fingerprint density at radius 2 is 1.94 bits per heavy atom. The summed E-state index contributed by atoms with van der Waals surface area (Å²) >= 11 is 0. The van der Waals surface area contributed by atoms with Gasteiger partial charge in [-0.05, 0) is 49.8 Å². The number of aromatic nitrogens is 4. The van der Waals surface area contributed by atoms with Gasteiger partial charge in [0.2, 0.25) is 5.75 Å². The van der Waals surface area contributed by atoms with Gasteiger partial charge < -0.3 is 19.1 Å². The zero-order chi connectivity index (χ0) is 21.9. The van der Waals surface area contributed by atoms with Gasteiger partial charge in [-0.15, -0.1) is 0 Å². The first-order valence-electron chi connectivity index (χ1n) is 11.6. The third kappa shape index (κ3) is 3.04. The van der Waals surface area contributed by atoms with Gasteiger partial charge in [0.15, 0.2) is 5.69 Å². The smallest absolute Gasteiger partial charge is 0.315 e. The van der Waals surface area contributed by atoms with Gasteiger partial charge >= 0.3 is 5.56 Å². The maximum atomic E-state index is 13.2. The Morgan fingerprint density at radius 3 is 2.72 bits per heavy atom. The minimum absolute atomic E-state index is 0.107. The molecule has 1 amide bonds. The van der Waals surface area contributed by atoms with Gasteiger partial charge in [0.25, 0.3) is 5.91 Å². The van der Waals surface area contributed by atoms with Crippen molar-refractivity contribution >= 4 is 16.9 Å². The Bertz CT molecular complexity index is 1270. The molecule has 1 N–H and O–H groups in total. The van der Waals surface area contributed by atoms with Crippen LogP contribution in [0.3, 0.4) is 0 Å². The fraction of sp³-hybridized carbons (Fsp3) is 0.500. The molecular weight excluding hydrogens is 406 g/mol. The van der Waals surface area contributed by atoms with E-state index in [1.807, 2.05) is 6.07 Å². The minimum Gasteiger partial charge on any atom is -0.501 e. The molecule has 8 nitrogen and oxygen atoms in total. The highest BCUT2D eigenvalue weighted by Crippen LogP contribution is 2.41. The number of carbonyl (C=O) groups excluding carboxylic acids is 1. The summed E-state index contributed by atoms with van der Waals surface area (Å²) in [4.78, 5) is 36.5. The van der Waals surface area contributed by atoms with E-state index in [0.717, 1.165) is 49.6 Å². The summed E-state index contributed by atoms with van der Waals surface area (Å²) in [5, 5.41) is 11.6. The lowest BCUT2D eigenvalue weighted by molar-refractivity contribution is 0.0683. The minimum atomic E-state index is -0.712. The van der Waals surface area contributed by atoms with Crippen molar-refractivity contribution in [3.05, 3.63) is 52.5 Å². The summed E-state index contributed by atoms with van der Waals surface area (Å²) in [6.45, 7) is 1.83. The van der Waals surface area contributed by atoms with Crippen LogP contribution in [0, 0.1) is 5.92 Å². The van der Waals surface area contributed by atoms with Crippen LogP contribution in [-0.4, -0.2) is 48.1 Å². The number of hydrogen-bond donors (Lipinski definition) is 1. The second kappa shape index (κ2) is 7.18. The molecular formula is C24H27N5O3. The first-order chi connectivity index (χ1) is 15.6. The molecule has 8 heteroatoms. The molecule has 0 unspecified atom stereocenters. The van der Waals surface area contributed by atoms with Crippen LogP contribution in [0.15, 0.2) is 35.4 Å². The van der Waals surface area contributed by atoms with Crippen molar-refractivity contribution in [1.29, 1.82) is 0 Å². The second-order valence-corrected chi connectivity index (χ2v) is 9.59. The molecule has 3 aromatic rings. The maximum absolute atomic E-state index is 13.2. The van der Waals surface area contributed by atoms with Gasteiger partial charge in [-0.2, -0.15) is 4.98 Å². The molecule has 166 valence electrons. The highest BCUT2D eigenvalue weighted by Gasteiger charge is 2.40. The fourth-order valence-electron chi connectivity index (χ4n) is 5.62. The highest BCUT2D eigenvalue weighted by atomic mass is 16.3. The van der Waals surface area contributed by atoms with E-state index in [-0.39, 0.29) is 17.1 Å². The molecule has 0 spiro atoms. The summed E-state index contributed by atoms with van der Waals surface area (Å²) in [6, 6.07) is 6.07. The van der Waals surface area contributed by atoms with Crippen LogP contribution < -0.4 is 5.56 Å². The van der Waals surface area contributed by atoms with Crippen LogP contribution in [0.2, 0.25) is 0 Å². The van der Waals surface area contributed by atoms with E-state index < -0.39 is 11.3 Å². The Kier molecular flexibility index (Phi) is 4.38. The molecule has 3 aromatic heterocycles. The van der Waals surface area contributed by atoms with Gasteiger partial charge in [0, 0.05) is 43.8 Å². The second-order valence-electron chi connectivity index (χ2n) is 9.59. The molecule has 0 aromatic carbocycles. The molecule has 1 aliphatic heterocycles. The lowest BCUT2D eigenvalue weighted by Gasteiger charge is -2.35. The van der Waals surface area contributed by atoms with E-state index in [4.69, 9.17) is 0 Å². The van der Waals surface area contributed by atoms with E-state index in [9.17, 15) is 14.7 Å². The predicted octanol–water partition coefficient (Wildman–Crippen LogP) is 2.68. The normalized spacial score (nSPS) is 20.1. The quantitative estimate of drug-likeness (QED) is 0.668. The first-order valence-corrected chi connectivity index (χ1v) is 11.6. The van der Waals surface area contributed by atoms with Crippen molar-refractivity contribution in [2.45, 2.75) is 57.0 Å². The third-order valence-electron chi connectivity index (χ3n) is 7.48. The summed E-state index contributed by atoms with van der Waals surface area (Å²) in [7, 11) is 0. The number of aromatic hydroxyl groups is 1. The number of fused-ring (bicyclic) bond motifs is 2. The number of carbonyl (C=O) groups is 1. The van der Waals surface area contributed by atoms with Crippen LogP contribution in [-0.2, 0) is 18.5 Å². The van der Waals surface area contributed by atoms with Gasteiger partial charge in [-0.3, -0.25) is 9.59 Å². The topological polar surface area (TPSA) is 93.2 Å². The number of amides is 1. The Morgan fingerprint density at radius 1 is 1.12 bits per heavy atom. The maximum Gasteiger partial charge on any atom is 0.315 e. The molecule has 4 heterocycles. The average Bonchev–Trinajstić information content (AvgIpc) is 3.30. The van der Waals surface area contributed by atoms with E-state index in [0.29, 0.717) is 37.8 Å². The van der Waals surface area contributed by atoms with Crippen molar-refractivity contribution in [1.82, 2.24) is 24.0 Å². The number of hydrogen-bond acceptors (Lipinski definition) is 5. The Hall–Kier alpha value is -3.16. The molecule has 6 rings (SSSR count). The van der Waals surface area contributed by atoms with Crippen LogP contribution in [0.5, 0.6) is 5.75 Å². The average molecular weight is 434 g/mol. The molecule has 32 heavy (non-hydrogen) atoms. The van der Waals surface area contributed by atoms with Crippen LogP contribution in [0.25, 0.3) is 11.0 Å². The molecule has 2 aliphatic carbocycles. The van der Waals surface area contributed by atoms with Crippen LogP contribution >= 0.6 is 0 Å². The summed E-state index contributed by atoms with van der Waals surface area (Å²) in [5.74, 6) is 0.363. The van der Waals surface area contributed by atoms with E-state index >= 15 is 0 Å². The summed E-state index contributed by atoms with van der Waals surface area (Å²) < 4.78 is 4.03. The van der Waals surface area contributed by atoms with Crippen molar-refractivity contribution in [3.63, 3.8) is 0 Å². The first kappa shape index (κ1) is 19.5. The molecule has 2 saturated carbocycles. The zero-order valence-corrected chi connectivity index (χ0v) is 18.0. The molecule has 0 atom stereocenters. The van der Waals surface area contributed by atoms with Crippen molar-refractivity contribution < 1.29 is 9.90 Å². The zero-order valence-electron chi connectivity index (χ0n) is 18.0. The van der Waals surface area contributed by atoms with Crippen molar-refractivity contribution in [3.8, 4) is 5.75 Å². The molecule has 0 saturated heterocycles. The Balaban J connectivity index is 1.43. The standard InChI is InChI=1S/C24H27N5O3/c30-20-19-23(32)27(15-16-5-6-16)12-13-28(19)18(26-22(20)31)14-24(8-1-2-9-24)29-11-7-17-4-3-10-25-21(17)29/h3-4,7,10-11,16,30H,1-2,5-6,8-9,12-15H2. The van der Waals surface area contributed by atoms with Crippen LogP contribution in [0.1, 0.15) is 54.8 Å². The molecule has 0 bridgehead atoms. The van der Waals surface area contributed by atoms with Crippen molar-refractivity contribution in [2.75, 3.05) is 13.1 Å². The molecule has 3 aliphatic rings. The lowest BCUT2D eigenvalue weighted by Crippen LogP contribution is -2.45. The van der Waals surface area contributed by atoms with Crippen LogP contribution in [0.4, 0.5) is 0 Å². The van der Waals surface area contributed by atoms with Gasteiger partial charge in [0.05, 0.1) is 5.54 Å². The fourth-order valence-corrected chi connectivity index (χ4v) is 5.62. The SMILES string of the molecule is O=C1c2c(O)c(=O)nc(CC3(n4ccc5cccnc54)CCCC3)n2CCN1CC1CC1. The third-order valence-corrected chi connectivity index (χ3v) is 7.48. The van der Waals surface area contributed by atoms with E-state index in [1.54, 1.807) is 15.7 Å². The van der Waals surface area contributed by atoms with Gasteiger partial charge in [-0.1, -0.05) is 12.8 Å². The largest absolute Gasteiger partial charge is 0.501 e. The summed E-state index contributed by atoms with van der Waals surface area (Å²) in [6.07, 6.45) is 10.8. The highest BCUT2D eigenvalue weighted by molar-refractivity contribution is 5.95. The monoisotopic (exact) mass is 433 g/mol. The number of rotatable bonds is 5. The van der Waals surface area contributed by atoms with E-state index in [2.05, 4.69) is 32.9 Å². The Labute approximate surface area is 185 Å². The lowest BCUT2D eigenvalue weighted by atomic mass is 9.91. The van der Waals surface area contributed by atoms with Gasteiger partial charge in [-0.25, -0.2) is 4.98 Å².